The minimum absolute atomic E-state index is 0.153. The summed E-state index contributed by atoms with van der Waals surface area (Å²) >= 11 is 0. The molecule has 0 spiro atoms. The highest BCUT2D eigenvalue weighted by molar-refractivity contribution is 6.37. The van der Waals surface area contributed by atoms with Crippen LogP contribution in [0.5, 0.6) is 0 Å². The second-order valence-corrected chi connectivity index (χ2v) is 5.10. The molecule has 0 saturated heterocycles. The molecule has 0 heterocycles. The van der Waals surface area contributed by atoms with Crippen LogP contribution < -0.4 is 11.1 Å². The number of nitrogens with two attached hydrogens (primary N) is 1. The van der Waals surface area contributed by atoms with Gasteiger partial charge in [-0.25, -0.2) is 0 Å². The Morgan fingerprint density at radius 1 is 1.06 bits per heavy atom. The molecule has 5 nitrogen and oxygen atoms in total. The van der Waals surface area contributed by atoms with Crippen LogP contribution in [-0.2, 0) is 14.4 Å². The molecule has 2 saturated carbocycles. The molecule has 17 heavy (non-hydrogen) atoms. The highest BCUT2D eigenvalue weighted by Gasteiger charge is 2.45. The molecule has 0 aromatic heterocycles. The average molecular weight is 238 g/mol. The smallest absolute Gasteiger partial charge is 0.288 e. The number of nitrogens with one attached hydrogen (secondary N) is 1. The predicted octanol–water partition coefficient (Wildman–Crippen LogP) is 0.270. The van der Waals surface area contributed by atoms with Gasteiger partial charge in [-0.1, -0.05) is 12.8 Å². The van der Waals surface area contributed by atoms with Crippen LogP contribution in [0.2, 0.25) is 0 Å². The number of carbonyl (C=O) groups is 3. The maximum atomic E-state index is 11.8. The van der Waals surface area contributed by atoms with Gasteiger partial charge in [0.2, 0.25) is 11.7 Å². The lowest BCUT2D eigenvalue weighted by atomic mass is 9.76. The van der Waals surface area contributed by atoms with Crippen molar-refractivity contribution in [2.75, 3.05) is 0 Å². The van der Waals surface area contributed by atoms with E-state index >= 15 is 0 Å². The van der Waals surface area contributed by atoms with Gasteiger partial charge in [0.1, 0.15) is 5.54 Å². The molecule has 2 amide bonds. The van der Waals surface area contributed by atoms with Crippen molar-refractivity contribution in [3.05, 3.63) is 0 Å². The van der Waals surface area contributed by atoms with Gasteiger partial charge in [-0.15, -0.1) is 0 Å². The van der Waals surface area contributed by atoms with Crippen molar-refractivity contribution in [1.29, 1.82) is 0 Å². The zero-order valence-electron chi connectivity index (χ0n) is 9.83. The summed E-state index contributed by atoms with van der Waals surface area (Å²) in [5, 5.41) is 2.54. The molecule has 0 aromatic carbocycles. The number of ketones is 1. The van der Waals surface area contributed by atoms with E-state index in [-0.39, 0.29) is 11.7 Å². The number of amides is 2. The Morgan fingerprint density at radius 3 is 2.06 bits per heavy atom. The summed E-state index contributed by atoms with van der Waals surface area (Å²) < 4.78 is 0. The summed E-state index contributed by atoms with van der Waals surface area (Å²) in [6.07, 6.45) is 5.54. The zero-order chi connectivity index (χ0) is 12.5. The first-order valence-electron chi connectivity index (χ1n) is 6.21. The van der Waals surface area contributed by atoms with Gasteiger partial charge in [0.25, 0.3) is 5.91 Å². The van der Waals surface area contributed by atoms with E-state index in [4.69, 9.17) is 5.73 Å². The summed E-state index contributed by atoms with van der Waals surface area (Å²) in [6.45, 7) is 0. The Morgan fingerprint density at radius 2 is 1.65 bits per heavy atom. The number of Topliss-reactive ketones (excluding diaryl/α,β-unsaturated/α-hetero) is 1. The van der Waals surface area contributed by atoms with Crippen LogP contribution in [0.3, 0.4) is 0 Å². The van der Waals surface area contributed by atoms with E-state index in [0.29, 0.717) is 12.8 Å². The summed E-state index contributed by atoms with van der Waals surface area (Å²) in [4.78, 5) is 34.9. The van der Waals surface area contributed by atoms with Crippen molar-refractivity contribution in [3.8, 4) is 0 Å². The first kappa shape index (κ1) is 12.1. The van der Waals surface area contributed by atoms with Gasteiger partial charge in [0, 0.05) is 5.92 Å². The molecule has 2 fully saturated rings. The largest absolute Gasteiger partial charge is 0.368 e. The number of hydrogen-bond acceptors (Lipinski definition) is 3. The zero-order valence-corrected chi connectivity index (χ0v) is 9.83. The van der Waals surface area contributed by atoms with E-state index in [2.05, 4.69) is 5.32 Å². The van der Waals surface area contributed by atoms with Gasteiger partial charge in [0.15, 0.2) is 0 Å². The third-order valence-electron chi connectivity index (χ3n) is 3.98. The summed E-state index contributed by atoms with van der Waals surface area (Å²) in [6, 6.07) is 0. The van der Waals surface area contributed by atoms with Gasteiger partial charge in [-0.3, -0.25) is 14.4 Å². The molecule has 0 aromatic rings. The van der Waals surface area contributed by atoms with Gasteiger partial charge in [0.05, 0.1) is 0 Å². The Kier molecular flexibility index (Phi) is 3.17. The first-order chi connectivity index (χ1) is 8.05. The highest BCUT2D eigenvalue weighted by atomic mass is 16.2. The third kappa shape index (κ3) is 2.18. The lowest BCUT2D eigenvalue weighted by molar-refractivity contribution is -0.144. The van der Waals surface area contributed by atoms with Crippen molar-refractivity contribution >= 4 is 17.6 Å². The quantitative estimate of drug-likeness (QED) is 0.689. The molecule has 2 rings (SSSR count). The fraction of sp³-hybridized carbons (Fsp3) is 0.750. The second kappa shape index (κ2) is 4.47. The minimum Gasteiger partial charge on any atom is -0.368 e. The fourth-order valence-electron chi connectivity index (χ4n) is 2.62. The van der Waals surface area contributed by atoms with E-state index < -0.39 is 17.4 Å². The standard InChI is InChI=1S/C12H18N2O3/c13-11(17)12(6-3-7-12)14-10(16)9(15)8-4-1-2-5-8/h8H,1-7H2,(H2,13,17)(H,14,16). The molecule has 0 atom stereocenters. The molecule has 0 bridgehead atoms. The lowest BCUT2D eigenvalue weighted by Gasteiger charge is -2.39. The second-order valence-electron chi connectivity index (χ2n) is 5.10. The van der Waals surface area contributed by atoms with Crippen LogP contribution in [0.1, 0.15) is 44.9 Å². The number of carbonyl (C=O) groups excluding carboxylic acids is 3. The van der Waals surface area contributed by atoms with E-state index in [0.717, 1.165) is 32.1 Å². The SMILES string of the molecule is NC(=O)C1(NC(=O)C(=O)C2CCCC2)CCC1. The highest BCUT2D eigenvalue weighted by Crippen LogP contribution is 2.32. The molecule has 2 aliphatic carbocycles. The normalized spacial score (nSPS) is 22.8. The van der Waals surface area contributed by atoms with Crippen molar-refractivity contribution in [2.24, 2.45) is 11.7 Å². The molecule has 94 valence electrons. The maximum absolute atomic E-state index is 11.8. The van der Waals surface area contributed by atoms with Gasteiger partial charge in [-0.05, 0) is 32.1 Å². The number of rotatable bonds is 4. The molecule has 2 aliphatic rings. The van der Waals surface area contributed by atoms with Crippen LogP contribution in [0.25, 0.3) is 0 Å². The summed E-state index contributed by atoms with van der Waals surface area (Å²) in [5.41, 5.74) is 4.32. The van der Waals surface area contributed by atoms with E-state index in [9.17, 15) is 14.4 Å². The van der Waals surface area contributed by atoms with Crippen LogP contribution in [0.4, 0.5) is 0 Å². The minimum atomic E-state index is -0.953. The Balaban J connectivity index is 1.96. The Bertz CT molecular complexity index is 355. The maximum Gasteiger partial charge on any atom is 0.288 e. The molecule has 0 radical (unpaired) electrons. The van der Waals surface area contributed by atoms with Crippen LogP contribution >= 0.6 is 0 Å². The van der Waals surface area contributed by atoms with Crippen LogP contribution in [-0.4, -0.2) is 23.1 Å². The summed E-state index contributed by atoms with van der Waals surface area (Å²) in [5.74, 6) is -1.69. The molecular weight excluding hydrogens is 220 g/mol. The van der Waals surface area contributed by atoms with Gasteiger partial charge in [-0.2, -0.15) is 0 Å². The summed E-state index contributed by atoms with van der Waals surface area (Å²) in [7, 11) is 0. The Hall–Kier alpha value is -1.39. The predicted molar refractivity (Wildman–Crippen MR) is 60.9 cm³/mol. The monoisotopic (exact) mass is 238 g/mol. The molecule has 5 heteroatoms. The first-order valence-corrected chi connectivity index (χ1v) is 6.21. The molecule has 0 aliphatic heterocycles. The number of primary amides is 1. The molecule has 0 unspecified atom stereocenters. The topological polar surface area (TPSA) is 89.3 Å². The van der Waals surface area contributed by atoms with E-state index in [1.165, 1.54) is 0 Å². The van der Waals surface area contributed by atoms with Crippen LogP contribution in [0, 0.1) is 5.92 Å². The lowest BCUT2D eigenvalue weighted by Crippen LogP contribution is -2.63. The van der Waals surface area contributed by atoms with Gasteiger partial charge >= 0.3 is 0 Å². The Labute approximate surface area is 100 Å². The molecule has 3 N–H and O–H groups in total. The van der Waals surface area contributed by atoms with E-state index in [1.54, 1.807) is 0 Å². The van der Waals surface area contributed by atoms with Crippen molar-refractivity contribution in [2.45, 2.75) is 50.5 Å². The fourth-order valence-corrected chi connectivity index (χ4v) is 2.62. The van der Waals surface area contributed by atoms with Crippen molar-refractivity contribution < 1.29 is 14.4 Å². The third-order valence-corrected chi connectivity index (χ3v) is 3.98. The van der Waals surface area contributed by atoms with Gasteiger partial charge < -0.3 is 11.1 Å². The average Bonchev–Trinajstić information content (AvgIpc) is 2.74. The van der Waals surface area contributed by atoms with Crippen molar-refractivity contribution in [1.82, 2.24) is 5.32 Å². The van der Waals surface area contributed by atoms with Crippen LogP contribution in [0.15, 0.2) is 0 Å². The van der Waals surface area contributed by atoms with Crippen molar-refractivity contribution in [3.63, 3.8) is 0 Å². The molecular formula is C12H18N2O3. The number of hydrogen-bond donors (Lipinski definition) is 2. The van der Waals surface area contributed by atoms with E-state index in [1.807, 2.05) is 0 Å².